The molecule has 0 radical (unpaired) electrons. The highest BCUT2D eigenvalue weighted by Gasteiger charge is 2.21. The molecule has 0 aliphatic carbocycles. The molecule has 0 spiro atoms. The molecule has 1 atom stereocenters. The first-order valence-electron chi connectivity index (χ1n) is 8.25. The number of aromatic carboxylic acids is 1. The number of hydrogen-bond acceptors (Lipinski definition) is 3. The fourth-order valence-electron chi connectivity index (χ4n) is 3.28. The van der Waals surface area contributed by atoms with E-state index in [1.807, 2.05) is 18.2 Å². The van der Waals surface area contributed by atoms with Crippen molar-refractivity contribution in [2.45, 2.75) is 25.5 Å². The minimum absolute atomic E-state index is 0.145. The van der Waals surface area contributed by atoms with Crippen LogP contribution in [0.5, 0.6) is 0 Å². The van der Waals surface area contributed by atoms with Gasteiger partial charge in [0.25, 0.3) is 0 Å². The number of nitrogens with zero attached hydrogens (tertiary/aromatic N) is 2. The molecule has 5 nitrogen and oxygen atoms in total. The van der Waals surface area contributed by atoms with Gasteiger partial charge in [0, 0.05) is 17.0 Å². The first-order chi connectivity index (χ1) is 12.1. The lowest BCUT2D eigenvalue weighted by atomic mass is 10.00. The Morgan fingerprint density at radius 3 is 2.68 bits per heavy atom. The molecule has 1 unspecified atom stereocenters. The largest absolute Gasteiger partial charge is 0.478 e. The van der Waals surface area contributed by atoms with Crippen molar-refractivity contribution in [2.75, 3.05) is 6.61 Å². The van der Waals surface area contributed by atoms with Gasteiger partial charge in [-0.1, -0.05) is 23.7 Å². The summed E-state index contributed by atoms with van der Waals surface area (Å²) in [7, 11) is 0. The van der Waals surface area contributed by atoms with Gasteiger partial charge in [0.1, 0.15) is 0 Å². The van der Waals surface area contributed by atoms with Crippen molar-refractivity contribution in [2.24, 2.45) is 0 Å². The molecule has 0 bridgehead atoms. The normalized spacial score (nSPS) is 17.7. The van der Waals surface area contributed by atoms with Crippen LogP contribution in [0.1, 0.15) is 35.8 Å². The van der Waals surface area contributed by atoms with Crippen LogP contribution in [-0.4, -0.2) is 27.5 Å². The summed E-state index contributed by atoms with van der Waals surface area (Å²) >= 11 is 5.96. The van der Waals surface area contributed by atoms with E-state index in [0.717, 1.165) is 35.9 Å². The first kappa shape index (κ1) is 16.1. The highest BCUT2D eigenvalue weighted by Crippen LogP contribution is 2.32. The minimum atomic E-state index is -0.968. The number of carbonyl (C=O) groups is 1. The van der Waals surface area contributed by atoms with Gasteiger partial charge in [0.15, 0.2) is 6.23 Å². The second-order valence-electron chi connectivity index (χ2n) is 6.18. The summed E-state index contributed by atoms with van der Waals surface area (Å²) in [6, 6.07) is 11.0. The monoisotopic (exact) mass is 356 g/mol. The van der Waals surface area contributed by atoms with Crippen LogP contribution in [0.25, 0.3) is 22.0 Å². The van der Waals surface area contributed by atoms with Gasteiger partial charge in [-0.3, -0.25) is 0 Å². The average Bonchev–Trinajstić information content (AvgIpc) is 3.06. The van der Waals surface area contributed by atoms with Crippen LogP contribution < -0.4 is 0 Å². The van der Waals surface area contributed by atoms with E-state index in [0.29, 0.717) is 17.0 Å². The van der Waals surface area contributed by atoms with E-state index in [1.165, 1.54) is 0 Å². The molecular weight excluding hydrogens is 340 g/mol. The number of rotatable bonds is 3. The third kappa shape index (κ3) is 3.01. The molecular formula is C19H17ClN2O3. The van der Waals surface area contributed by atoms with Gasteiger partial charge < -0.3 is 9.84 Å². The highest BCUT2D eigenvalue weighted by atomic mass is 35.5. The van der Waals surface area contributed by atoms with Crippen molar-refractivity contribution < 1.29 is 14.6 Å². The minimum Gasteiger partial charge on any atom is -0.478 e. The lowest BCUT2D eigenvalue weighted by molar-refractivity contribution is -0.0366. The molecule has 1 N–H and O–H groups in total. The smallest absolute Gasteiger partial charge is 0.336 e. The predicted molar refractivity (Wildman–Crippen MR) is 96.0 cm³/mol. The van der Waals surface area contributed by atoms with Crippen LogP contribution in [0.2, 0.25) is 5.02 Å². The van der Waals surface area contributed by atoms with E-state index in [2.05, 4.69) is 5.10 Å². The molecule has 128 valence electrons. The predicted octanol–water partition coefficient (Wildman–Crippen LogP) is 4.75. The van der Waals surface area contributed by atoms with E-state index >= 15 is 0 Å². The SMILES string of the molecule is O=C(O)c1cc(-c2ccc(Cl)cc2)cc2c1cnn2C1CCCCO1. The van der Waals surface area contributed by atoms with Gasteiger partial charge in [-0.05, 0) is 54.7 Å². The second-order valence-corrected chi connectivity index (χ2v) is 6.62. The van der Waals surface area contributed by atoms with E-state index in [9.17, 15) is 9.90 Å². The maximum absolute atomic E-state index is 11.7. The third-order valence-electron chi connectivity index (χ3n) is 4.55. The molecule has 1 aliphatic rings. The first-order valence-corrected chi connectivity index (χ1v) is 8.63. The number of aromatic nitrogens is 2. The fraction of sp³-hybridized carbons (Fsp3) is 0.263. The lowest BCUT2D eigenvalue weighted by Crippen LogP contribution is -2.19. The van der Waals surface area contributed by atoms with Crippen LogP contribution in [0.3, 0.4) is 0 Å². The summed E-state index contributed by atoms with van der Waals surface area (Å²) in [5, 5.41) is 15.3. The summed E-state index contributed by atoms with van der Waals surface area (Å²) in [5.74, 6) is -0.968. The molecule has 1 saturated heterocycles. The van der Waals surface area contributed by atoms with Crippen LogP contribution >= 0.6 is 11.6 Å². The highest BCUT2D eigenvalue weighted by molar-refractivity contribution is 6.30. The quantitative estimate of drug-likeness (QED) is 0.735. The lowest BCUT2D eigenvalue weighted by Gasteiger charge is -2.23. The number of carboxylic acids is 1. The molecule has 1 aliphatic heterocycles. The number of hydrogen-bond donors (Lipinski definition) is 1. The van der Waals surface area contributed by atoms with E-state index in [1.54, 1.807) is 29.1 Å². The van der Waals surface area contributed by atoms with Gasteiger partial charge in [-0.15, -0.1) is 0 Å². The second kappa shape index (κ2) is 6.50. The van der Waals surface area contributed by atoms with Crippen molar-refractivity contribution in [1.29, 1.82) is 0 Å². The molecule has 1 fully saturated rings. The summed E-state index contributed by atoms with van der Waals surface area (Å²) in [5.41, 5.74) is 2.74. The van der Waals surface area contributed by atoms with Crippen molar-refractivity contribution in [1.82, 2.24) is 9.78 Å². The van der Waals surface area contributed by atoms with Crippen LogP contribution in [0.4, 0.5) is 0 Å². The number of fused-ring (bicyclic) bond motifs is 1. The molecule has 3 aromatic rings. The molecule has 25 heavy (non-hydrogen) atoms. The molecule has 0 saturated carbocycles. The third-order valence-corrected chi connectivity index (χ3v) is 4.80. The zero-order valence-electron chi connectivity index (χ0n) is 13.5. The number of ether oxygens (including phenoxy) is 1. The van der Waals surface area contributed by atoms with Gasteiger partial charge in [-0.2, -0.15) is 5.10 Å². The average molecular weight is 357 g/mol. The Labute approximate surface area is 149 Å². The summed E-state index contributed by atoms with van der Waals surface area (Å²) < 4.78 is 7.63. The fourth-order valence-corrected chi connectivity index (χ4v) is 3.40. The van der Waals surface area contributed by atoms with E-state index < -0.39 is 5.97 Å². The molecule has 2 aromatic carbocycles. The van der Waals surface area contributed by atoms with Crippen LogP contribution in [0, 0.1) is 0 Å². The Bertz CT molecular complexity index is 928. The van der Waals surface area contributed by atoms with Crippen LogP contribution in [0.15, 0.2) is 42.6 Å². The number of halogens is 1. The maximum Gasteiger partial charge on any atom is 0.336 e. The maximum atomic E-state index is 11.7. The summed E-state index contributed by atoms with van der Waals surface area (Å²) in [6.07, 6.45) is 4.47. The standard InChI is InChI=1S/C19H17ClN2O3/c20-14-6-4-12(5-7-14)13-9-15(19(23)24)16-11-21-22(17(16)10-13)18-3-1-2-8-25-18/h4-7,9-11,18H,1-3,8H2,(H,23,24). The number of benzene rings is 2. The van der Waals surface area contributed by atoms with Crippen molar-refractivity contribution in [3.63, 3.8) is 0 Å². The zero-order chi connectivity index (χ0) is 17.4. The summed E-state index contributed by atoms with van der Waals surface area (Å²) in [4.78, 5) is 11.7. The van der Waals surface area contributed by atoms with Gasteiger partial charge in [0.05, 0.1) is 17.3 Å². The molecule has 6 heteroatoms. The molecule has 1 aromatic heterocycles. The Balaban J connectivity index is 1.89. The van der Waals surface area contributed by atoms with Crippen molar-refractivity contribution in [3.8, 4) is 11.1 Å². The summed E-state index contributed by atoms with van der Waals surface area (Å²) in [6.45, 7) is 0.703. The van der Waals surface area contributed by atoms with Gasteiger partial charge in [-0.25, -0.2) is 9.48 Å². The van der Waals surface area contributed by atoms with Crippen LogP contribution in [-0.2, 0) is 4.74 Å². The Kier molecular flexibility index (Phi) is 4.19. The Morgan fingerprint density at radius 1 is 1.20 bits per heavy atom. The number of carboxylic acid groups (broad SMARTS) is 1. The molecule has 4 rings (SSSR count). The van der Waals surface area contributed by atoms with E-state index in [4.69, 9.17) is 16.3 Å². The topological polar surface area (TPSA) is 64.3 Å². The Morgan fingerprint density at radius 2 is 2.00 bits per heavy atom. The van der Waals surface area contributed by atoms with E-state index in [-0.39, 0.29) is 11.8 Å². The van der Waals surface area contributed by atoms with Gasteiger partial charge >= 0.3 is 5.97 Å². The van der Waals surface area contributed by atoms with Gasteiger partial charge in [0.2, 0.25) is 0 Å². The van der Waals surface area contributed by atoms with Crippen molar-refractivity contribution in [3.05, 3.63) is 53.2 Å². The van der Waals surface area contributed by atoms with Crippen molar-refractivity contribution >= 4 is 28.5 Å². The molecule has 2 heterocycles. The Hall–Kier alpha value is -2.37. The zero-order valence-corrected chi connectivity index (χ0v) is 14.2. The molecule has 0 amide bonds.